The molecule has 1 aliphatic rings. The molecule has 1 heterocycles. The molecule has 3 nitrogen and oxygen atoms in total. The van der Waals surface area contributed by atoms with Gasteiger partial charge in [0.1, 0.15) is 0 Å². The number of esters is 1. The SMILES string of the molecule is COC(=O)CCN1CCC(C)(C)C1=S. The summed E-state index contributed by atoms with van der Waals surface area (Å²) in [4.78, 5) is 14.0. The number of carbonyl (C=O) groups excluding carboxylic acids is 1. The van der Waals surface area contributed by atoms with Crippen LogP contribution in [0.5, 0.6) is 0 Å². The minimum absolute atomic E-state index is 0.117. The van der Waals surface area contributed by atoms with E-state index in [-0.39, 0.29) is 11.4 Å². The lowest BCUT2D eigenvalue weighted by Crippen LogP contribution is -2.31. The van der Waals surface area contributed by atoms with Crippen LogP contribution in [0.3, 0.4) is 0 Å². The molecule has 1 saturated heterocycles. The van der Waals surface area contributed by atoms with Crippen LogP contribution in [0.1, 0.15) is 26.7 Å². The van der Waals surface area contributed by atoms with Gasteiger partial charge in [-0.2, -0.15) is 0 Å². The topological polar surface area (TPSA) is 29.5 Å². The van der Waals surface area contributed by atoms with E-state index in [0.29, 0.717) is 13.0 Å². The highest BCUT2D eigenvalue weighted by molar-refractivity contribution is 7.80. The van der Waals surface area contributed by atoms with Crippen LogP contribution < -0.4 is 0 Å². The minimum Gasteiger partial charge on any atom is -0.469 e. The van der Waals surface area contributed by atoms with Crippen molar-refractivity contribution in [3.8, 4) is 0 Å². The Morgan fingerprint density at radius 3 is 2.71 bits per heavy atom. The van der Waals surface area contributed by atoms with Crippen LogP contribution in [0.15, 0.2) is 0 Å². The van der Waals surface area contributed by atoms with E-state index in [1.165, 1.54) is 7.11 Å². The van der Waals surface area contributed by atoms with Crippen molar-refractivity contribution < 1.29 is 9.53 Å². The van der Waals surface area contributed by atoms with Gasteiger partial charge in [-0.3, -0.25) is 4.79 Å². The summed E-state index contributed by atoms with van der Waals surface area (Å²) in [7, 11) is 1.41. The van der Waals surface area contributed by atoms with Crippen LogP contribution in [0.4, 0.5) is 0 Å². The van der Waals surface area contributed by atoms with Crippen molar-refractivity contribution in [2.24, 2.45) is 5.41 Å². The normalized spacial score (nSPS) is 19.9. The highest BCUT2D eigenvalue weighted by Crippen LogP contribution is 2.31. The summed E-state index contributed by atoms with van der Waals surface area (Å²) in [5, 5.41) is 0. The molecule has 0 unspecified atom stereocenters. The molecule has 0 aromatic heterocycles. The van der Waals surface area contributed by atoms with E-state index >= 15 is 0 Å². The number of thiocarbonyl (C=S) groups is 1. The lowest BCUT2D eigenvalue weighted by atomic mass is 9.93. The third-order valence-corrected chi connectivity index (χ3v) is 3.50. The molecule has 4 heteroatoms. The first-order valence-electron chi connectivity index (χ1n) is 4.83. The molecule has 0 amide bonds. The van der Waals surface area contributed by atoms with Gasteiger partial charge >= 0.3 is 5.97 Å². The zero-order valence-electron chi connectivity index (χ0n) is 9.00. The minimum atomic E-state index is -0.169. The number of nitrogens with zero attached hydrogens (tertiary/aromatic N) is 1. The number of carbonyl (C=O) groups is 1. The number of methoxy groups -OCH3 is 1. The van der Waals surface area contributed by atoms with Crippen molar-refractivity contribution in [1.29, 1.82) is 0 Å². The first kappa shape index (κ1) is 11.4. The van der Waals surface area contributed by atoms with Gasteiger partial charge in [0.2, 0.25) is 0 Å². The summed E-state index contributed by atoms with van der Waals surface area (Å²) in [5.41, 5.74) is 0.117. The van der Waals surface area contributed by atoms with Gasteiger partial charge in [0.15, 0.2) is 0 Å². The Balaban J connectivity index is 2.41. The fourth-order valence-electron chi connectivity index (χ4n) is 1.59. The second-order valence-electron chi connectivity index (χ2n) is 4.25. The largest absolute Gasteiger partial charge is 0.469 e. The zero-order chi connectivity index (χ0) is 10.8. The van der Waals surface area contributed by atoms with Gasteiger partial charge in [-0.15, -0.1) is 0 Å². The van der Waals surface area contributed by atoms with Crippen LogP contribution >= 0.6 is 12.2 Å². The molecule has 0 aromatic rings. The van der Waals surface area contributed by atoms with E-state index in [2.05, 4.69) is 23.5 Å². The van der Waals surface area contributed by atoms with Crippen molar-refractivity contribution >= 4 is 23.2 Å². The molecule has 80 valence electrons. The van der Waals surface area contributed by atoms with Crippen molar-refractivity contribution in [3.63, 3.8) is 0 Å². The predicted octanol–water partition coefficient (Wildman–Crippen LogP) is 1.61. The Labute approximate surface area is 90.4 Å². The first-order chi connectivity index (χ1) is 6.47. The average Bonchev–Trinajstić information content (AvgIpc) is 2.40. The maximum atomic E-state index is 10.9. The number of ether oxygens (including phenoxy) is 1. The van der Waals surface area contributed by atoms with Gasteiger partial charge < -0.3 is 9.64 Å². The fourth-order valence-corrected chi connectivity index (χ4v) is 1.88. The Morgan fingerprint density at radius 1 is 1.64 bits per heavy atom. The Kier molecular flexibility index (Phi) is 3.48. The highest BCUT2D eigenvalue weighted by atomic mass is 32.1. The van der Waals surface area contributed by atoms with Gasteiger partial charge in [0, 0.05) is 18.5 Å². The summed E-state index contributed by atoms with van der Waals surface area (Å²) >= 11 is 5.34. The molecule has 0 N–H and O–H groups in total. The second kappa shape index (κ2) is 4.26. The third-order valence-electron chi connectivity index (χ3n) is 2.69. The monoisotopic (exact) mass is 215 g/mol. The first-order valence-corrected chi connectivity index (χ1v) is 5.24. The molecule has 1 rings (SSSR count). The van der Waals surface area contributed by atoms with E-state index in [0.717, 1.165) is 18.0 Å². The lowest BCUT2D eigenvalue weighted by molar-refractivity contribution is -0.140. The highest BCUT2D eigenvalue weighted by Gasteiger charge is 2.34. The summed E-state index contributed by atoms with van der Waals surface area (Å²) < 4.78 is 4.59. The molecule has 0 aromatic carbocycles. The van der Waals surface area contributed by atoms with Crippen LogP contribution in [0.25, 0.3) is 0 Å². The predicted molar refractivity (Wildman–Crippen MR) is 59.2 cm³/mol. The molecule has 0 atom stereocenters. The maximum Gasteiger partial charge on any atom is 0.307 e. The van der Waals surface area contributed by atoms with Crippen molar-refractivity contribution in [3.05, 3.63) is 0 Å². The van der Waals surface area contributed by atoms with Crippen LogP contribution in [0, 0.1) is 5.41 Å². The molecule has 0 spiro atoms. The average molecular weight is 215 g/mol. The van der Waals surface area contributed by atoms with Gasteiger partial charge in [0.25, 0.3) is 0 Å². The van der Waals surface area contributed by atoms with Crippen molar-refractivity contribution in [1.82, 2.24) is 4.90 Å². The molecule has 0 saturated carbocycles. The Bertz CT molecular complexity index is 251. The summed E-state index contributed by atoms with van der Waals surface area (Å²) in [6, 6.07) is 0. The number of hydrogen-bond donors (Lipinski definition) is 0. The van der Waals surface area contributed by atoms with Crippen LogP contribution in [-0.2, 0) is 9.53 Å². The quantitative estimate of drug-likeness (QED) is 0.528. The zero-order valence-corrected chi connectivity index (χ0v) is 9.82. The van der Waals surface area contributed by atoms with Gasteiger partial charge in [-0.25, -0.2) is 0 Å². The smallest absolute Gasteiger partial charge is 0.307 e. The van der Waals surface area contributed by atoms with E-state index in [1.54, 1.807) is 0 Å². The fraction of sp³-hybridized carbons (Fsp3) is 0.800. The molecule has 1 fully saturated rings. The standard InChI is InChI=1S/C10H17NO2S/c1-10(2)5-7-11(9(10)14)6-4-8(12)13-3/h4-7H2,1-3H3. The van der Waals surface area contributed by atoms with Gasteiger partial charge in [-0.1, -0.05) is 26.1 Å². The van der Waals surface area contributed by atoms with E-state index in [9.17, 15) is 4.79 Å². The molecule has 0 aliphatic carbocycles. The van der Waals surface area contributed by atoms with Crippen molar-refractivity contribution in [2.75, 3.05) is 20.2 Å². The summed E-state index contributed by atoms with van der Waals surface area (Å²) in [6.45, 7) is 5.94. The molecule has 0 radical (unpaired) electrons. The van der Waals surface area contributed by atoms with E-state index in [4.69, 9.17) is 12.2 Å². The summed E-state index contributed by atoms with van der Waals surface area (Å²) in [6.07, 6.45) is 1.50. The maximum absolute atomic E-state index is 10.9. The number of rotatable bonds is 3. The Morgan fingerprint density at radius 2 is 2.29 bits per heavy atom. The van der Waals surface area contributed by atoms with Gasteiger partial charge in [-0.05, 0) is 6.42 Å². The number of hydrogen-bond acceptors (Lipinski definition) is 3. The van der Waals surface area contributed by atoms with E-state index in [1.807, 2.05) is 0 Å². The van der Waals surface area contributed by atoms with E-state index < -0.39 is 0 Å². The third kappa shape index (κ3) is 2.44. The molecule has 1 aliphatic heterocycles. The molecular weight excluding hydrogens is 198 g/mol. The molecular formula is C10H17NO2S. The Hall–Kier alpha value is -0.640. The molecule has 14 heavy (non-hydrogen) atoms. The number of likely N-dealkylation sites (tertiary alicyclic amines) is 1. The summed E-state index contributed by atoms with van der Waals surface area (Å²) in [5.74, 6) is -0.169. The van der Waals surface area contributed by atoms with Gasteiger partial charge in [0.05, 0.1) is 18.5 Å². The second-order valence-corrected chi connectivity index (χ2v) is 4.64. The molecule has 0 bridgehead atoms. The van der Waals surface area contributed by atoms with Crippen LogP contribution in [-0.4, -0.2) is 36.1 Å². The van der Waals surface area contributed by atoms with Crippen LogP contribution in [0.2, 0.25) is 0 Å². The lowest BCUT2D eigenvalue weighted by Gasteiger charge is -2.22. The van der Waals surface area contributed by atoms with Crippen molar-refractivity contribution in [2.45, 2.75) is 26.7 Å².